The third-order valence-electron chi connectivity index (χ3n) is 3.69. The lowest BCUT2D eigenvalue weighted by Crippen LogP contribution is -2.33. The van der Waals surface area contributed by atoms with Crippen LogP contribution in [0.25, 0.3) is 0 Å². The zero-order valence-corrected chi connectivity index (χ0v) is 12.9. The smallest absolute Gasteiger partial charge is 0.347 e. The van der Waals surface area contributed by atoms with Crippen molar-refractivity contribution in [2.24, 2.45) is 0 Å². The maximum atomic E-state index is 12.0. The van der Waals surface area contributed by atoms with E-state index in [9.17, 15) is 13.2 Å². The predicted octanol–water partition coefficient (Wildman–Crippen LogP) is 1.25. The summed E-state index contributed by atoms with van der Waals surface area (Å²) in [5.41, 5.74) is -0.0182. The second-order valence-corrected chi connectivity index (χ2v) is 7.68. The fourth-order valence-electron chi connectivity index (χ4n) is 2.72. The quantitative estimate of drug-likeness (QED) is 0.905. The van der Waals surface area contributed by atoms with Gasteiger partial charge < -0.3 is 9.88 Å². The number of anilines is 1. The first-order chi connectivity index (χ1) is 9.35. The van der Waals surface area contributed by atoms with Gasteiger partial charge in [0, 0.05) is 24.3 Å². The molecule has 20 heavy (non-hydrogen) atoms. The summed E-state index contributed by atoms with van der Waals surface area (Å²) < 4.78 is 24.0. The van der Waals surface area contributed by atoms with E-state index in [0.29, 0.717) is 30.9 Å². The fraction of sp³-hybridized carbons (Fsp3) is 0.692. The number of hydrogen-bond donors (Lipinski definition) is 1. The van der Waals surface area contributed by atoms with Crippen LogP contribution in [0.5, 0.6) is 0 Å². The Kier molecular flexibility index (Phi) is 4.17. The van der Waals surface area contributed by atoms with Gasteiger partial charge in [-0.3, -0.25) is 0 Å². The maximum absolute atomic E-state index is 12.0. The van der Waals surface area contributed by atoms with E-state index in [4.69, 9.17) is 0 Å². The number of hydrogen-bond acceptors (Lipinski definition) is 5. The third-order valence-corrected chi connectivity index (χ3v) is 5.90. The standard InChI is InChI=1S/C13H21N3O3S/c1-4-16(9(2)3)12-8-10(14-13(17)15-12)11-6-5-7-20(11,18)19/h8-9,11H,4-7H2,1-3H3,(H,14,15,17). The molecule has 1 N–H and O–H groups in total. The molecule has 2 rings (SSSR count). The van der Waals surface area contributed by atoms with Gasteiger partial charge in [0.1, 0.15) is 11.1 Å². The van der Waals surface area contributed by atoms with Crippen molar-refractivity contribution < 1.29 is 8.42 Å². The number of H-pyrrole nitrogens is 1. The van der Waals surface area contributed by atoms with E-state index in [-0.39, 0.29) is 11.8 Å². The highest BCUT2D eigenvalue weighted by Gasteiger charge is 2.34. The maximum Gasteiger partial charge on any atom is 0.347 e. The highest BCUT2D eigenvalue weighted by Crippen LogP contribution is 2.33. The minimum Gasteiger partial charge on any atom is -0.354 e. The molecule has 0 bridgehead atoms. The molecule has 1 aliphatic heterocycles. The minimum absolute atomic E-state index is 0.193. The first-order valence-electron chi connectivity index (χ1n) is 6.94. The molecule has 1 aliphatic rings. The highest BCUT2D eigenvalue weighted by atomic mass is 32.2. The first-order valence-corrected chi connectivity index (χ1v) is 8.66. The molecule has 1 saturated heterocycles. The number of nitrogens with one attached hydrogen (secondary N) is 1. The van der Waals surface area contributed by atoms with Crippen molar-refractivity contribution in [3.05, 3.63) is 22.2 Å². The first kappa shape index (κ1) is 15.0. The Hall–Kier alpha value is -1.37. The molecule has 1 atom stereocenters. The van der Waals surface area contributed by atoms with Crippen molar-refractivity contribution in [1.82, 2.24) is 9.97 Å². The van der Waals surface area contributed by atoms with Crippen molar-refractivity contribution in [3.63, 3.8) is 0 Å². The van der Waals surface area contributed by atoms with Crippen molar-refractivity contribution in [2.75, 3.05) is 17.2 Å². The Morgan fingerprint density at radius 3 is 2.70 bits per heavy atom. The molecule has 1 fully saturated rings. The number of sulfone groups is 1. The Bertz CT molecular complexity index is 637. The average molecular weight is 299 g/mol. The van der Waals surface area contributed by atoms with Crippen molar-refractivity contribution in [3.8, 4) is 0 Å². The summed E-state index contributed by atoms with van der Waals surface area (Å²) in [6, 6.07) is 1.90. The zero-order valence-electron chi connectivity index (χ0n) is 12.1. The van der Waals surface area contributed by atoms with Crippen LogP contribution in [-0.4, -0.2) is 36.7 Å². The molecule has 1 aromatic heterocycles. The normalized spacial score (nSPS) is 21.3. The number of aromatic nitrogens is 2. The number of aromatic amines is 1. The van der Waals surface area contributed by atoms with Crippen LogP contribution in [0.15, 0.2) is 10.9 Å². The Morgan fingerprint density at radius 2 is 2.20 bits per heavy atom. The summed E-state index contributed by atoms with van der Waals surface area (Å²) >= 11 is 0. The average Bonchev–Trinajstić information content (AvgIpc) is 2.68. The largest absolute Gasteiger partial charge is 0.354 e. The molecule has 0 saturated carbocycles. The predicted molar refractivity (Wildman–Crippen MR) is 78.8 cm³/mol. The molecule has 7 heteroatoms. The molecule has 0 aliphatic carbocycles. The van der Waals surface area contributed by atoms with Gasteiger partial charge in [0.25, 0.3) is 0 Å². The third kappa shape index (κ3) is 2.87. The van der Waals surface area contributed by atoms with Gasteiger partial charge in [-0.15, -0.1) is 0 Å². The topological polar surface area (TPSA) is 83.1 Å². The molecule has 112 valence electrons. The van der Waals surface area contributed by atoms with Gasteiger partial charge >= 0.3 is 5.69 Å². The summed E-state index contributed by atoms with van der Waals surface area (Å²) in [5, 5.41) is -0.595. The molecule has 2 heterocycles. The monoisotopic (exact) mass is 299 g/mol. The van der Waals surface area contributed by atoms with Crippen LogP contribution in [0, 0.1) is 0 Å². The molecule has 6 nitrogen and oxygen atoms in total. The molecule has 0 spiro atoms. The summed E-state index contributed by atoms with van der Waals surface area (Å²) in [6.07, 6.45) is 1.21. The molecule has 0 amide bonds. The Morgan fingerprint density at radius 1 is 1.50 bits per heavy atom. The van der Waals surface area contributed by atoms with Gasteiger partial charge in [0.15, 0.2) is 9.84 Å². The van der Waals surface area contributed by atoms with E-state index in [2.05, 4.69) is 9.97 Å². The summed E-state index contributed by atoms with van der Waals surface area (Å²) in [6.45, 7) is 6.72. The minimum atomic E-state index is -3.14. The second kappa shape index (κ2) is 5.55. The lowest BCUT2D eigenvalue weighted by atomic mass is 10.2. The van der Waals surface area contributed by atoms with Gasteiger partial charge in [-0.1, -0.05) is 0 Å². The van der Waals surface area contributed by atoms with Crippen LogP contribution in [0.3, 0.4) is 0 Å². The summed E-state index contributed by atoms with van der Waals surface area (Å²) in [7, 11) is -3.14. The molecular weight excluding hydrogens is 278 g/mol. The molecule has 1 unspecified atom stereocenters. The summed E-state index contributed by atoms with van der Waals surface area (Å²) in [5.74, 6) is 0.738. The number of nitrogens with zero attached hydrogens (tertiary/aromatic N) is 2. The lowest BCUT2D eigenvalue weighted by Gasteiger charge is -2.26. The van der Waals surface area contributed by atoms with Gasteiger partial charge in [0.2, 0.25) is 0 Å². The molecule has 1 aromatic rings. The molecular formula is C13H21N3O3S. The van der Waals surface area contributed by atoms with E-state index >= 15 is 0 Å². The SMILES string of the molecule is CCN(c1cc(C2CCCS2(=O)=O)[nH]c(=O)n1)C(C)C. The second-order valence-electron chi connectivity index (χ2n) is 5.38. The van der Waals surface area contributed by atoms with E-state index in [0.717, 1.165) is 0 Å². The van der Waals surface area contributed by atoms with Gasteiger partial charge in [0.05, 0.1) is 5.75 Å². The van der Waals surface area contributed by atoms with Crippen LogP contribution in [0.4, 0.5) is 5.82 Å². The summed E-state index contributed by atoms with van der Waals surface area (Å²) in [4.78, 5) is 20.3. The van der Waals surface area contributed by atoms with E-state index in [1.807, 2.05) is 25.7 Å². The zero-order chi connectivity index (χ0) is 14.9. The van der Waals surface area contributed by atoms with E-state index < -0.39 is 20.8 Å². The van der Waals surface area contributed by atoms with Gasteiger partial charge in [-0.25, -0.2) is 13.2 Å². The van der Waals surface area contributed by atoms with Crippen LogP contribution in [-0.2, 0) is 9.84 Å². The van der Waals surface area contributed by atoms with Crippen LogP contribution in [0.2, 0.25) is 0 Å². The molecule has 0 radical (unpaired) electrons. The molecule has 0 aromatic carbocycles. The van der Waals surface area contributed by atoms with Gasteiger partial charge in [-0.05, 0) is 33.6 Å². The van der Waals surface area contributed by atoms with Gasteiger partial charge in [-0.2, -0.15) is 4.98 Å². The Labute approximate surface area is 119 Å². The lowest BCUT2D eigenvalue weighted by molar-refractivity contribution is 0.590. The number of rotatable bonds is 4. The van der Waals surface area contributed by atoms with Crippen molar-refractivity contribution in [1.29, 1.82) is 0 Å². The Balaban J connectivity index is 2.46. The highest BCUT2D eigenvalue weighted by molar-refractivity contribution is 7.91. The van der Waals surface area contributed by atoms with Crippen molar-refractivity contribution >= 4 is 15.7 Å². The van der Waals surface area contributed by atoms with Crippen LogP contribution < -0.4 is 10.6 Å². The van der Waals surface area contributed by atoms with E-state index in [1.54, 1.807) is 6.07 Å². The van der Waals surface area contributed by atoms with Crippen molar-refractivity contribution in [2.45, 2.75) is 44.9 Å². The van der Waals surface area contributed by atoms with Crippen LogP contribution >= 0.6 is 0 Å². The van der Waals surface area contributed by atoms with E-state index in [1.165, 1.54) is 0 Å². The van der Waals surface area contributed by atoms with Crippen LogP contribution in [0.1, 0.15) is 44.6 Å². The fourth-order valence-corrected chi connectivity index (χ4v) is 4.61.